The molecule has 0 aliphatic heterocycles. The third kappa shape index (κ3) is 2.86. The van der Waals surface area contributed by atoms with E-state index in [1.807, 2.05) is 13.0 Å². The lowest BCUT2D eigenvalue weighted by Gasteiger charge is -2.15. The van der Waals surface area contributed by atoms with Crippen molar-refractivity contribution in [3.63, 3.8) is 0 Å². The van der Waals surface area contributed by atoms with Crippen molar-refractivity contribution in [3.05, 3.63) is 57.3 Å². The average Bonchev–Trinajstić information content (AvgIpc) is 2.40. The number of carbonyl (C=O) groups is 1. The minimum absolute atomic E-state index is 0.191. The van der Waals surface area contributed by atoms with E-state index in [-0.39, 0.29) is 5.56 Å². The predicted octanol–water partition coefficient (Wildman–Crippen LogP) is 2.33. The van der Waals surface area contributed by atoms with Gasteiger partial charge in [-0.3, -0.25) is 14.3 Å². The number of carbonyl (C=O) groups excluding carboxylic acids is 1. The Labute approximate surface area is 123 Å². The van der Waals surface area contributed by atoms with Crippen LogP contribution in [0.25, 0.3) is 5.69 Å². The van der Waals surface area contributed by atoms with Gasteiger partial charge >= 0.3 is 5.97 Å². The van der Waals surface area contributed by atoms with Crippen LogP contribution in [0.3, 0.4) is 0 Å². The van der Waals surface area contributed by atoms with Crippen molar-refractivity contribution in [2.75, 3.05) is 6.61 Å². The number of aryl methyl sites for hydroxylation is 2. The van der Waals surface area contributed by atoms with Crippen molar-refractivity contribution >= 4 is 5.97 Å². The number of pyridine rings is 2. The lowest BCUT2D eigenvalue weighted by Crippen LogP contribution is -2.25. The molecule has 0 fully saturated rings. The first kappa shape index (κ1) is 15.0. The van der Waals surface area contributed by atoms with Crippen molar-refractivity contribution in [3.8, 4) is 5.69 Å². The molecule has 5 nitrogen and oxygen atoms in total. The molecule has 0 saturated heterocycles. The molecule has 0 bridgehead atoms. The van der Waals surface area contributed by atoms with Crippen LogP contribution in [0.2, 0.25) is 0 Å². The molecule has 0 aromatic carbocycles. The highest BCUT2D eigenvalue weighted by molar-refractivity contribution is 5.92. The van der Waals surface area contributed by atoms with Crippen LogP contribution >= 0.6 is 0 Å². The van der Waals surface area contributed by atoms with E-state index in [9.17, 15) is 9.59 Å². The van der Waals surface area contributed by atoms with Gasteiger partial charge in [-0.25, -0.2) is 4.79 Å². The molecule has 0 unspecified atom stereocenters. The van der Waals surface area contributed by atoms with Crippen LogP contribution in [0.1, 0.15) is 34.2 Å². The van der Waals surface area contributed by atoms with Gasteiger partial charge in [-0.15, -0.1) is 0 Å². The average molecular weight is 286 g/mol. The summed E-state index contributed by atoms with van der Waals surface area (Å²) in [5.74, 6) is -0.415. The number of ether oxygens (including phenoxy) is 1. The zero-order valence-electron chi connectivity index (χ0n) is 12.6. The Morgan fingerprint density at radius 1 is 1.29 bits per heavy atom. The number of esters is 1. The maximum absolute atomic E-state index is 12.3. The Hall–Kier alpha value is -2.43. The van der Waals surface area contributed by atoms with Crippen molar-refractivity contribution in [1.82, 2.24) is 9.55 Å². The molecule has 0 saturated carbocycles. The molecule has 2 aromatic rings. The second-order valence-corrected chi connectivity index (χ2v) is 4.84. The fourth-order valence-corrected chi connectivity index (χ4v) is 2.31. The van der Waals surface area contributed by atoms with Gasteiger partial charge in [0.1, 0.15) is 0 Å². The summed E-state index contributed by atoms with van der Waals surface area (Å²) < 4.78 is 6.55. The quantitative estimate of drug-likeness (QED) is 0.812. The zero-order chi connectivity index (χ0) is 15.6. The van der Waals surface area contributed by atoms with Crippen LogP contribution in [0.5, 0.6) is 0 Å². The Kier molecular flexibility index (Phi) is 4.21. The van der Waals surface area contributed by atoms with Crippen LogP contribution in [-0.4, -0.2) is 22.1 Å². The van der Waals surface area contributed by atoms with Crippen molar-refractivity contribution < 1.29 is 9.53 Å². The molecule has 0 atom stereocenters. The topological polar surface area (TPSA) is 61.2 Å². The molecular weight excluding hydrogens is 268 g/mol. The molecule has 0 N–H and O–H groups in total. The molecule has 0 spiro atoms. The Balaban J connectivity index is 2.67. The van der Waals surface area contributed by atoms with Gasteiger partial charge in [-0.2, -0.15) is 0 Å². The third-order valence-corrected chi connectivity index (χ3v) is 3.29. The fourth-order valence-electron chi connectivity index (χ4n) is 2.31. The van der Waals surface area contributed by atoms with Gasteiger partial charge in [0.15, 0.2) is 0 Å². The number of nitrogens with zero attached hydrogens (tertiary/aromatic N) is 2. The van der Waals surface area contributed by atoms with Crippen molar-refractivity contribution in [2.24, 2.45) is 0 Å². The van der Waals surface area contributed by atoms with Gasteiger partial charge in [-0.1, -0.05) is 0 Å². The van der Waals surface area contributed by atoms with Crippen LogP contribution < -0.4 is 5.56 Å². The van der Waals surface area contributed by atoms with E-state index in [1.54, 1.807) is 33.0 Å². The highest BCUT2D eigenvalue weighted by Crippen LogP contribution is 2.16. The van der Waals surface area contributed by atoms with Gasteiger partial charge in [0.2, 0.25) is 0 Å². The Morgan fingerprint density at radius 2 is 2.00 bits per heavy atom. The summed E-state index contributed by atoms with van der Waals surface area (Å²) in [7, 11) is 0. The summed E-state index contributed by atoms with van der Waals surface area (Å²) >= 11 is 0. The lowest BCUT2D eigenvalue weighted by atomic mass is 10.1. The first-order valence-corrected chi connectivity index (χ1v) is 6.79. The second kappa shape index (κ2) is 5.91. The van der Waals surface area contributed by atoms with Gasteiger partial charge < -0.3 is 4.74 Å². The van der Waals surface area contributed by atoms with E-state index in [1.165, 1.54) is 10.6 Å². The van der Waals surface area contributed by atoms with Gasteiger partial charge in [0.05, 0.1) is 24.1 Å². The number of hydrogen-bond acceptors (Lipinski definition) is 4. The summed E-state index contributed by atoms with van der Waals surface area (Å²) in [6, 6.07) is 5.07. The molecule has 0 amide bonds. The molecule has 0 radical (unpaired) electrons. The van der Waals surface area contributed by atoms with Gasteiger partial charge in [0, 0.05) is 17.5 Å². The van der Waals surface area contributed by atoms with Gasteiger partial charge in [-0.05, 0) is 45.4 Å². The number of rotatable bonds is 3. The zero-order valence-corrected chi connectivity index (χ0v) is 12.6. The van der Waals surface area contributed by atoms with E-state index in [0.29, 0.717) is 29.1 Å². The summed E-state index contributed by atoms with van der Waals surface area (Å²) in [5.41, 5.74) is 2.91. The highest BCUT2D eigenvalue weighted by atomic mass is 16.5. The van der Waals surface area contributed by atoms with Crippen LogP contribution in [-0.2, 0) is 4.74 Å². The van der Waals surface area contributed by atoms with E-state index in [2.05, 4.69) is 4.98 Å². The Morgan fingerprint density at radius 3 is 2.57 bits per heavy atom. The van der Waals surface area contributed by atoms with Crippen LogP contribution in [0, 0.1) is 20.8 Å². The monoisotopic (exact) mass is 286 g/mol. The predicted molar refractivity (Wildman–Crippen MR) is 80.0 cm³/mol. The Bertz CT molecular complexity index is 730. The number of hydrogen-bond donors (Lipinski definition) is 0. The normalized spacial score (nSPS) is 10.5. The molecule has 2 aromatic heterocycles. The van der Waals surface area contributed by atoms with E-state index in [4.69, 9.17) is 4.74 Å². The molecule has 2 heterocycles. The summed E-state index contributed by atoms with van der Waals surface area (Å²) in [5, 5.41) is 0. The SMILES string of the molecule is CCOC(=O)c1c(C)cc(=O)n(-c2ccc(C)nc2)c1C. The van der Waals surface area contributed by atoms with Gasteiger partial charge in [0.25, 0.3) is 5.56 Å². The standard InChI is InChI=1S/C16H18N2O3/c1-5-21-16(20)15-10(2)8-14(19)18(12(15)4)13-7-6-11(3)17-9-13/h6-9H,5H2,1-4H3. The minimum atomic E-state index is -0.415. The lowest BCUT2D eigenvalue weighted by molar-refractivity contribution is 0.0523. The molecular formula is C16H18N2O3. The summed E-state index contributed by atoms with van der Waals surface area (Å²) in [4.78, 5) is 28.5. The maximum atomic E-state index is 12.3. The summed E-state index contributed by atoms with van der Waals surface area (Å²) in [6.45, 7) is 7.39. The van der Waals surface area contributed by atoms with Crippen LogP contribution in [0.4, 0.5) is 0 Å². The first-order chi connectivity index (χ1) is 9.95. The van der Waals surface area contributed by atoms with E-state index in [0.717, 1.165) is 5.69 Å². The van der Waals surface area contributed by atoms with E-state index < -0.39 is 5.97 Å². The van der Waals surface area contributed by atoms with Crippen molar-refractivity contribution in [1.29, 1.82) is 0 Å². The summed E-state index contributed by atoms with van der Waals surface area (Å²) in [6.07, 6.45) is 1.62. The molecule has 5 heteroatoms. The largest absolute Gasteiger partial charge is 0.462 e. The third-order valence-electron chi connectivity index (χ3n) is 3.29. The molecule has 0 aliphatic rings. The van der Waals surface area contributed by atoms with Crippen LogP contribution in [0.15, 0.2) is 29.2 Å². The first-order valence-electron chi connectivity index (χ1n) is 6.79. The molecule has 0 aliphatic carbocycles. The number of aromatic nitrogens is 2. The van der Waals surface area contributed by atoms with Crippen molar-refractivity contribution in [2.45, 2.75) is 27.7 Å². The molecule has 110 valence electrons. The minimum Gasteiger partial charge on any atom is -0.462 e. The molecule has 21 heavy (non-hydrogen) atoms. The highest BCUT2D eigenvalue weighted by Gasteiger charge is 2.18. The maximum Gasteiger partial charge on any atom is 0.340 e. The van der Waals surface area contributed by atoms with E-state index >= 15 is 0 Å². The fraction of sp³-hybridized carbons (Fsp3) is 0.312. The molecule has 2 rings (SSSR count). The smallest absolute Gasteiger partial charge is 0.340 e. The second-order valence-electron chi connectivity index (χ2n) is 4.84.